The van der Waals surface area contributed by atoms with Crippen LogP contribution in [0.3, 0.4) is 0 Å². The summed E-state index contributed by atoms with van der Waals surface area (Å²) < 4.78 is 51.2. The number of aryl methyl sites for hydroxylation is 1. The van der Waals surface area contributed by atoms with E-state index in [4.69, 9.17) is 21.1 Å². The first-order valence-corrected chi connectivity index (χ1v) is 15.4. The number of likely N-dealkylation sites (tertiary alicyclic amines) is 1. The summed E-state index contributed by atoms with van der Waals surface area (Å²) in [5.74, 6) is -0.335. The number of nitrogens with one attached hydrogen (secondary N) is 1. The van der Waals surface area contributed by atoms with E-state index in [1.54, 1.807) is 0 Å². The lowest BCUT2D eigenvalue weighted by Gasteiger charge is -2.44. The van der Waals surface area contributed by atoms with Gasteiger partial charge in [-0.2, -0.15) is 0 Å². The molecule has 0 spiro atoms. The minimum atomic E-state index is -3.79. The SMILES string of the molecule is Cc1cc(Cl)cc([C@@H](C2COC2)N2CCC(COc3cc(F)c(C(=O)NS(C)(=O)=O)cc3C3CC3)CC2)c1. The maximum atomic E-state index is 14.8. The predicted octanol–water partition coefficient (Wildman–Crippen LogP) is 4.83. The summed E-state index contributed by atoms with van der Waals surface area (Å²) in [4.78, 5) is 14.8. The number of sulfonamides is 1. The van der Waals surface area contributed by atoms with Crippen LogP contribution in [0.1, 0.15) is 64.7 Å². The summed E-state index contributed by atoms with van der Waals surface area (Å²) in [5.41, 5.74) is 2.88. The third kappa shape index (κ3) is 6.50. The van der Waals surface area contributed by atoms with E-state index >= 15 is 0 Å². The van der Waals surface area contributed by atoms with Crippen LogP contribution in [-0.4, -0.2) is 58.4 Å². The van der Waals surface area contributed by atoms with Crippen LogP contribution in [0.25, 0.3) is 0 Å². The summed E-state index contributed by atoms with van der Waals surface area (Å²) in [5, 5.41) is 0.757. The molecule has 1 amide bonds. The van der Waals surface area contributed by atoms with Gasteiger partial charge in [0, 0.05) is 23.0 Å². The van der Waals surface area contributed by atoms with Crippen molar-refractivity contribution in [3.05, 3.63) is 63.4 Å². The summed E-state index contributed by atoms with van der Waals surface area (Å²) in [6, 6.07) is 9.21. The van der Waals surface area contributed by atoms with Gasteiger partial charge in [-0.25, -0.2) is 17.5 Å². The molecule has 2 heterocycles. The van der Waals surface area contributed by atoms with Gasteiger partial charge in [0.25, 0.3) is 5.91 Å². The number of benzene rings is 2. The second kappa shape index (κ2) is 11.1. The van der Waals surface area contributed by atoms with E-state index in [1.165, 1.54) is 17.7 Å². The molecule has 1 N–H and O–H groups in total. The summed E-state index contributed by atoms with van der Waals surface area (Å²) in [6.45, 7) is 5.90. The van der Waals surface area contributed by atoms with E-state index in [0.29, 0.717) is 24.2 Å². The van der Waals surface area contributed by atoms with Crippen molar-refractivity contribution < 1.29 is 27.1 Å². The average Bonchev–Trinajstić information content (AvgIpc) is 3.64. The van der Waals surface area contributed by atoms with Gasteiger partial charge in [-0.1, -0.05) is 17.7 Å². The van der Waals surface area contributed by atoms with Crippen molar-refractivity contribution in [1.29, 1.82) is 0 Å². The van der Waals surface area contributed by atoms with Crippen molar-refractivity contribution in [3.63, 3.8) is 0 Å². The zero-order chi connectivity index (χ0) is 27.0. The lowest BCUT2D eigenvalue weighted by Crippen LogP contribution is -2.46. The van der Waals surface area contributed by atoms with Crippen LogP contribution in [0.15, 0.2) is 30.3 Å². The largest absolute Gasteiger partial charge is 0.493 e. The number of amides is 1. The highest BCUT2D eigenvalue weighted by molar-refractivity contribution is 7.89. The van der Waals surface area contributed by atoms with Gasteiger partial charge in [0.15, 0.2) is 0 Å². The standard InChI is InChI=1S/C28H34ClFN2O5S/c1-17-9-20(11-22(29)10-17)27(21-15-36-16-21)32-7-5-18(6-8-32)14-37-26-13-25(30)24(12-23(26)19-3-4-19)28(33)31-38(2,34)35/h9-13,18-19,21,27H,3-8,14-16H2,1-2H3,(H,31,33)/t27-/m0/s1. The zero-order valence-electron chi connectivity index (χ0n) is 21.7. The van der Waals surface area contributed by atoms with Crippen molar-refractivity contribution in [1.82, 2.24) is 9.62 Å². The van der Waals surface area contributed by atoms with E-state index in [2.05, 4.69) is 24.0 Å². The fraction of sp³-hybridized carbons (Fsp3) is 0.536. The normalized spacial score (nSPS) is 20.1. The molecule has 5 rings (SSSR count). The van der Waals surface area contributed by atoms with Crippen molar-refractivity contribution in [2.45, 2.75) is 44.6 Å². The van der Waals surface area contributed by atoms with Crippen LogP contribution in [0.4, 0.5) is 4.39 Å². The number of hydrogen-bond donors (Lipinski definition) is 1. The number of piperidine rings is 1. The minimum absolute atomic E-state index is 0.198. The number of hydrogen-bond acceptors (Lipinski definition) is 6. The Bertz CT molecular complexity index is 1280. The number of carbonyl (C=O) groups is 1. The maximum Gasteiger partial charge on any atom is 0.267 e. The summed E-state index contributed by atoms with van der Waals surface area (Å²) >= 11 is 6.39. The molecule has 206 valence electrons. The molecule has 10 heteroatoms. The zero-order valence-corrected chi connectivity index (χ0v) is 23.3. The van der Waals surface area contributed by atoms with Gasteiger partial charge in [-0.15, -0.1) is 0 Å². The van der Waals surface area contributed by atoms with Crippen LogP contribution in [-0.2, 0) is 14.8 Å². The predicted molar refractivity (Wildman–Crippen MR) is 144 cm³/mol. The van der Waals surface area contributed by atoms with Gasteiger partial charge in [0.05, 0.1) is 31.6 Å². The highest BCUT2D eigenvalue weighted by Gasteiger charge is 2.36. The van der Waals surface area contributed by atoms with E-state index in [-0.39, 0.29) is 17.5 Å². The Hall–Kier alpha value is -2.20. The van der Waals surface area contributed by atoms with Crippen LogP contribution < -0.4 is 9.46 Å². The summed E-state index contributed by atoms with van der Waals surface area (Å²) in [7, 11) is -3.79. The number of rotatable bonds is 9. The number of nitrogens with zero attached hydrogens (tertiary/aromatic N) is 1. The third-order valence-corrected chi connectivity index (χ3v) is 8.45. The molecule has 3 fully saturated rings. The molecule has 7 nitrogen and oxygen atoms in total. The monoisotopic (exact) mass is 564 g/mol. The third-order valence-electron chi connectivity index (χ3n) is 7.67. The first-order chi connectivity index (χ1) is 18.1. The number of halogens is 2. The molecule has 0 unspecified atom stereocenters. The van der Waals surface area contributed by atoms with Gasteiger partial charge in [0.2, 0.25) is 10.0 Å². The fourth-order valence-corrected chi connectivity index (χ4v) is 6.31. The Morgan fingerprint density at radius 3 is 2.45 bits per heavy atom. The smallest absolute Gasteiger partial charge is 0.267 e. The molecule has 2 aliphatic heterocycles. The molecule has 2 aromatic rings. The van der Waals surface area contributed by atoms with Crippen molar-refractivity contribution >= 4 is 27.5 Å². The number of carbonyl (C=O) groups excluding carboxylic acids is 1. The first-order valence-electron chi connectivity index (χ1n) is 13.1. The Morgan fingerprint density at radius 2 is 1.87 bits per heavy atom. The molecule has 38 heavy (non-hydrogen) atoms. The highest BCUT2D eigenvalue weighted by atomic mass is 35.5. The maximum absolute atomic E-state index is 14.8. The molecule has 1 aliphatic carbocycles. The Labute approximate surface area is 228 Å². The molecule has 0 radical (unpaired) electrons. The van der Waals surface area contributed by atoms with Crippen LogP contribution in [0, 0.1) is 24.6 Å². The van der Waals surface area contributed by atoms with Crippen LogP contribution >= 0.6 is 11.6 Å². The van der Waals surface area contributed by atoms with E-state index < -0.39 is 21.7 Å². The van der Waals surface area contributed by atoms with Gasteiger partial charge in [0.1, 0.15) is 11.6 Å². The lowest BCUT2D eigenvalue weighted by molar-refractivity contribution is -0.0816. The average molecular weight is 565 g/mol. The molecule has 2 saturated heterocycles. The number of ether oxygens (including phenoxy) is 2. The Kier molecular flexibility index (Phi) is 8.01. The second-order valence-corrected chi connectivity index (χ2v) is 13.1. The van der Waals surface area contributed by atoms with Crippen molar-refractivity contribution in [3.8, 4) is 5.75 Å². The summed E-state index contributed by atoms with van der Waals surface area (Å²) in [6.07, 6.45) is 4.65. The topological polar surface area (TPSA) is 84.9 Å². The molecule has 1 saturated carbocycles. The van der Waals surface area contributed by atoms with E-state index in [1.807, 2.05) is 10.8 Å². The molecule has 0 aromatic heterocycles. The second-order valence-electron chi connectivity index (χ2n) is 10.9. The van der Waals surface area contributed by atoms with Gasteiger partial charge >= 0.3 is 0 Å². The highest BCUT2D eigenvalue weighted by Crippen LogP contribution is 2.45. The van der Waals surface area contributed by atoms with Crippen LogP contribution in [0.2, 0.25) is 5.02 Å². The lowest BCUT2D eigenvalue weighted by atomic mass is 9.86. The van der Waals surface area contributed by atoms with Crippen LogP contribution in [0.5, 0.6) is 5.75 Å². The van der Waals surface area contributed by atoms with Crippen molar-refractivity contribution in [2.75, 3.05) is 39.2 Å². The van der Waals surface area contributed by atoms with Gasteiger partial charge < -0.3 is 9.47 Å². The van der Waals surface area contributed by atoms with Crippen molar-refractivity contribution in [2.24, 2.45) is 11.8 Å². The molecular formula is C28H34ClFN2O5S. The molecule has 1 atom stereocenters. The van der Waals surface area contributed by atoms with Gasteiger partial charge in [-0.3, -0.25) is 9.69 Å². The van der Waals surface area contributed by atoms with E-state index in [0.717, 1.165) is 74.4 Å². The first kappa shape index (κ1) is 27.4. The van der Waals surface area contributed by atoms with E-state index in [9.17, 15) is 17.6 Å². The Morgan fingerprint density at radius 1 is 1.16 bits per heavy atom. The quantitative estimate of drug-likeness (QED) is 0.469. The molecule has 2 aromatic carbocycles. The van der Waals surface area contributed by atoms with Gasteiger partial charge in [-0.05, 0) is 92.4 Å². The minimum Gasteiger partial charge on any atom is -0.493 e. The molecular weight excluding hydrogens is 531 g/mol. The molecule has 3 aliphatic rings. The Balaban J connectivity index is 1.23. The molecule has 0 bridgehead atoms. The fourth-order valence-electron chi connectivity index (χ4n) is 5.57.